The van der Waals surface area contributed by atoms with Gasteiger partial charge in [0.15, 0.2) is 0 Å². The SMILES string of the molecule is CCCCCCC/C=C/CC/C=C/C(O)C(CO)NC(=O)CCCCCCCCCCCCC/C=C\C/C=C\CCCCCCCCCCC. The molecule has 292 valence electrons. The lowest BCUT2D eigenvalue weighted by molar-refractivity contribution is -0.123. The summed E-state index contributed by atoms with van der Waals surface area (Å²) in [5.74, 6) is -0.0784. The second-order valence-corrected chi connectivity index (χ2v) is 14.8. The molecule has 0 aliphatic heterocycles. The lowest BCUT2D eigenvalue weighted by Crippen LogP contribution is -2.45. The smallest absolute Gasteiger partial charge is 0.220 e. The van der Waals surface area contributed by atoms with E-state index in [1.54, 1.807) is 6.08 Å². The molecule has 0 rings (SSSR count). The second kappa shape index (κ2) is 41.8. The Morgan fingerprint density at radius 1 is 0.480 bits per heavy atom. The maximum absolute atomic E-state index is 12.3. The van der Waals surface area contributed by atoms with Gasteiger partial charge < -0.3 is 15.5 Å². The maximum Gasteiger partial charge on any atom is 0.220 e. The second-order valence-electron chi connectivity index (χ2n) is 14.8. The van der Waals surface area contributed by atoms with Crippen molar-refractivity contribution >= 4 is 5.91 Å². The molecule has 2 atom stereocenters. The predicted molar refractivity (Wildman–Crippen MR) is 221 cm³/mol. The molecule has 0 saturated heterocycles. The number of hydrogen-bond donors (Lipinski definition) is 3. The third-order valence-electron chi connectivity index (χ3n) is 9.78. The molecule has 4 heteroatoms. The third kappa shape index (κ3) is 37.6. The van der Waals surface area contributed by atoms with E-state index in [-0.39, 0.29) is 12.5 Å². The van der Waals surface area contributed by atoms with Crippen molar-refractivity contribution in [3.05, 3.63) is 48.6 Å². The van der Waals surface area contributed by atoms with Crippen LogP contribution in [0.1, 0.15) is 219 Å². The first-order valence-corrected chi connectivity index (χ1v) is 21.9. The number of carbonyl (C=O) groups is 1. The van der Waals surface area contributed by atoms with E-state index in [1.165, 1.54) is 161 Å². The number of nitrogens with one attached hydrogen (secondary N) is 1. The summed E-state index contributed by atoms with van der Waals surface area (Å²) in [6.45, 7) is 4.27. The lowest BCUT2D eigenvalue weighted by atomic mass is 10.0. The molecule has 0 radical (unpaired) electrons. The van der Waals surface area contributed by atoms with Crippen LogP contribution in [-0.4, -0.2) is 34.9 Å². The first kappa shape index (κ1) is 48.3. The van der Waals surface area contributed by atoms with Gasteiger partial charge in [0, 0.05) is 6.42 Å². The van der Waals surface area contributed by atoms with Crippen molar-refractivity contribution in [3.63, 3.8) is 0 Å². The highest BCUT2D eigenvalue weighted by Crippen LogP contribution is 2.14. The summed E-state index contributed by atoms with van der Waals surface area (Å²) in [6.07, 6.45) is 56.6. The summed E-state index contributed by atoms with van der Waals surface area (Å²) in [7, 11) is 0. The summed E-state index contributed by atoms with van der Waals surface area (Å²) in [5.41, 5.74) is 0. The minimum atomic E-state index is -0.861. The molecule has 0 bridgehead atoms. The third-order valence-corrected chi connectivity index (χ3v) is 9.78. The molecule has 50 heavy (non-hydrogen) atoms. The van der Waals surface area contributed by atoms with Crippen LogP contribution in [0.4, 0.5) is 0 Å². The number of aliphatic hydroxyl groups excluding tert-OH is 2. The fraction of sp³-hybridized carbons (Fsp3) is 0.804. The van der Waals surface area contributed by atoms with Crippen molar-refractivity contribution in [1.29, 1.82) is 0 Å². The Morgan fingerprint density at radius 2 is 0.840 bits per heavy atom. The van der Waals surface area contributed by atoms with E-state index >= 15 is 0 Å². The van der Waals surface area contributed by atoms with Gasteiger partial charge in [-0.25, -0.2) is 0 Å². The van der Waals surface area contributed by atoms with Crippen LogP contribution in [0.5, 0.6) is 0 Å². The van der Waals surface area contributed by atoms with Gasteiger partial charge in [-0.15, -0.1) is 0 Å². The Bertz CT molecular complexity index is 801. The Morgan fingerprint density at radius 3 is 1.28 bits per heavy atom. The maximum atomic E-state index is 12.3. The molecule has 0 spiro atoms. The van der Waals surface area contributed by atoms with Gasteiger partial charge in [-0.2, -0.15) is 0 Å². The Kier molecular flexibility index (Phi) is 40.4. The molecular weight excluding hydrogens is 615 g/mol. The van der Waals surface area contributed by atoms with Crippen LogP contribution in [0, 0.1) is 0 Å². The van der Waals surface area contributed by atoms with E-state index in [2.05, 4.69) is 55.6 Å². The van der Waals surface area contributed by atoms with E-state index in [1.807, 2.05) is 6.08 Å². The molecule has 0 aromatic heterocycles. The Balaban J connectivity index is 3.54. The van der Waals surface area contributed by atoms with Crippen LogP contribution < -0.4 is 5.32 Å². The standard InChI is InChI=1S/C46H85NO3/c1-3-5-7-9-11-13-15-16-17-18-19-20-21-22-23-24-25-26-27-28-29-30-32-34-36-38-40-42-46(50)47-44(43-48)45(49)41-39-37-35-33-31-14-12-10-8-6-4-2/h19-20,22-23,31,33,39,41,44-45,48-49H,3-18,21,24-30,32,34-38,40,42-43H2,1-2H3,(H,47,50)/b20-19-,23-22-,33-31+,41-39+. The molecule has 0 saturated carbocycles. The van der Waals surface area contributed by atoms with Crippen LogP contribution in [0.25, 0.3) is 0 Å². The van der Waals surface area contributed by atoms with Crippen molar-refractivity contribution in [2.45, 2.75) is 231 Å². The van der Waals surface area contributed by atoms with Gasteiger partial charge in [0.2, 0.25) is 5.91 Å². The Labute approximate surface area is 312 Å². The summed E-state index contributed by atoms with van der Waals surface area (Å²) >= 11 is 0. The number of aliphatic hydroxyl groups is 2. The summed E-state index contributed by atoms with van der Waals surface area (Å²) in [4.78, 5) is 12.3. The number of hydrogen-bond acceptors (Lipinski definition) is 3. The zero-order valence-corrected chi connectivity index (χ0v) is 33.4. The van der Waals surface area contributed by atoms with E-state index in [4.69, 9.17) is 0 Å². The number of allylic oxidation sites excluding steroid dienone is 7. The zero-order chi connectivity index (χ0) is 36.4. The first-order valence-electron chi connectivity index (χ1n) is 21.9. The molecule has 0 fully saturated rings. The Hall–Kier alpha value is -1.65. The quantitative estimate of drug-likeness (QED) is 0.0442. The monoisotopic (exact) mass is 700 g/mol. The molecule has 3 N–H and O–H groups in total. The van der Waals surface area contributed by atoms with Gasteiger partial charge in [-0.3, -0.25) is 4.79 Å². The molecule has 2 unspecified atom stereocenters. The van der Waals surface area contributed by atoms with Crippen molar-refractivity contribution in [3.8, 4) is 0 Å². The summed E-state index contributed by atoms with van der Waals surface area (Å²) < 4.78 is 0. The van der Waals surface area contributed by atoms with Crippen molar-refractivity contribution < 1.29 is 15.0 Å². The number of carbonyl (C=O) groups excluding carboxylic acids is 1. The molecule has 4 nitrogen and oxygen atoms in total. The van der Waals surface area contributed by atoms with Crippen LogP contribution in [0.2, 0.25) is 0 Å². The van der Waals surface area contributed by atoms with Gasteiger partial charge in [-0.05, 0) is 64.2 Å². The molecule has 0 aromatic rings. The normalized spacial score (nSPS) is 13.4. The van der Waals surface area contributed by atoms with Crippen LogP contribution in [0.15, 0.2) is 48.6 Å². The molecule has 0 aliphatic carbocycles. The molecule has 0 aliphatic rings. The van der Waals surface area contributed by atoms with E-state index in [9.17, 15) is 15.0 Å². The largest absolute Gasteiger partial charge is 0.394 e. The lowest BCUT2D eigenvalue weighted by Gasteiger charge is -2.19. The minimum absolute atomic E-state index is 0.0784. The van der Waals surface area contributed by atoms with Crippen molar-refractivity contribution in [2.24, 2.45) is 0 Å². The van der Waals surface area contributed by atoms with Gasteiger partial charge >= 0.3 is 0 Å². The topological polar surface area (TPSA) is 69.6 Å². The molecular formula is C46H85NO3. The van der Waals surface area contributed by atoms with E-state index < -0.39 is 12.1 Å². The van der Waals surface area contributed by atoms with Gasteiger partial charge in [0.05, 0.1) is 18.8 Å². The van der Waals surface area contributed by atoms with Crippen LogP contribution >= 0.6 is 0 Å². The van der Waals surface area contributed by atoms with Gasteiger partial charge in [-0.1, -0.05) is 197 Å². The van der Waals surface area contributed by atoms with Crippen molar-refractivity contribution in [2.75, 3.05) is 6.61 Å². The molecule has 1 amide bonds. The zero-order valence-electron chi connectivity index (χ0n) is 33.4. The summed E-state index contributed by atoms with van der Waals surface area (Å²) in [6, 6.07) is -0.639. The minimum Gasteiger partial charge on any atom is -0.394 e. The first-order chi connectivity index (χ1) is 24.7. The highest BCUT2D eigenvalue weighted by molar-refractivity contribution is 5.76. The number of amides is 1. The molecule has 0 heterocycles. The fourth-order valence-corrected chi connectivity index (χ4v) is 6.40. The number of rotatable bonds is 39. The highest BCUT2D eigenvalue weighted by Gasteiger charge is 2.17. The predicted octanol–water partition coefficient (Wildman–Crippen LogP) is 13.6. The van der Waals surface area contributed by atoms with Crippen molar-refractivity contribution in [1.82, 2.24) is 5.32 Å². The molecule has 0 aromatic carbocycles. The van der Waals surface area contributed by atoms with E-state index in [0.29, 0.717) is 6.42 Å². The average Bonchev–Trinajstić information content (AvgIpc) is 3.12. The van der Waals surface area contributed by atoms with Gasteiger partial charge in [0.25, 0.3) is 0 Å². The van der Waals surface area contributed by atoms with Crippen LogP contribution in [0.3, 0.4) is 0 Å². The fourth-order valence-electron chi connectivity index (χ4n) is 6.40. The highest BCUT2D eigenvalue weighted by atomic mass is 16.3. The average molecular weight is 700 g/mol. The van der Waals surface area contributed by atoms with E-state index in [0.717, 1.165) is 38.5 Å². The summed E-state index contributed by atoms with van der Waals surface area (Å²) in [5, 5.41) is 22.9. The number of unbranched alkanes of at least 4 members (excludes halogenated alkanes) is 26. The van der Waals surface area contributed by atoms with Gasteiger partial charge in [0.1, 0.15) is 0 Å². The van der Waals surface area contributed by atoms with Crippen LogP contribution in [-0.2, 0) is 4.79 Å².